The number of halogens is 2. The van der Waals surface area contributed by atoms with Crippen LogP contribution in [0.2, 0.25) is 0 Å². The van der Waals surface area contributed by atoms with Crippen LogP contribution in [0, 0.1) is 5.92 Å². The van der Waals surface area contributed by atoms with Crippen LogP contribution in [-0.4, -0.2) is 5.11 Å². The number of rotatable bonds is 2. The Bertz CT molecular complexity index is 321. The molecule has 0 amide bonds. The lowest BCUT2D eigenvalue weighted by atomic mass is 10.1. The molecule has 1 aromatic carbocycles. The van der Waals surface area contributed by atoms with Gasteiger partial charge in [-0.25, -0.2) is 0 Å². The Balaban J connectivity index is 2.24. The summed E-state index contributed by atoms with van der Waals surface area (Å²) >= 11 is 6.83. The van der Waals surface area contributed by atoms with E-state index in [1.54, 1.807) is 0 Å². The molecule has 3 heteroatoms. The van der Waals surface area contributed by atoms with Gasteiger partial charge in [0.15, 0.2) is 0 Å². The van der Waals surface area contributed by atoms with Crippen LogP contribution >= 0.6 is 31.9 Å². The molecule has 2 rings (SSSR count). The first kappa shape index (κ1) is 9.69. The molecule has 1 saturated carbocycles. The lowest BCUT2D eigenvalue weighted by Gasteiger charge is -2.10. The summed E-state index contributed by atoms with van der Waals surface area (Å²) in [6.07, 6.45) is 2.05. The number of benzene rings is 1. The first-order chi connectivity index (χ1) is 6.18. The van der Waals surface area contributed by atoms with Crippen molar-refractivity contribution in [1.29, 1.82) is 0 Å². The number of hydrogen-bond donors (Lipinski definition) is 1. The van der Waals surface area contributed by atoms with Crippen molar-refractivity contribution in [1.82, 2.24) is 0 Å². The smallest absolute Gasteiger partial charge is 0.0818 e. The monoisotopic (exact) mass is 304 g/mol. The van der Waals surface area contributed by atoms with Gasteiger partial charge in [-0.05, 0) is 68.3 Å². The van der Waals surface area contributed by atoms with E-state index < -0.39 is 0 Å². The van der Waals surface area contributed by atoms with Gasteiger partial charge in [0.2, 0.25) is 0 Å². The van der Waals surface area contributed by atoms with Gasteiger partial charge >= 0.3 is 0 Å². The summed E-state index contributed by atoms with van der Waals surface area (Å²) in [6, 6.07) is 5.91. The number of aliphatic hydroxyl groups is 1. The second-order valence-electron chi connectivity index (χ2n) is 3.46. The lowest BCUT2D eigenvalue weighted by Crippen LogP contribution is -1.98. The first-order valence-corrected chi connectivity index (χ1v) is 5.90. The molecular weight excluding hydrogens is 296 g/mol. The molecule has 1 atom stereocenters. The minimum Gasteiger partial charge on any atom is -0.388 e. The maximum atomic E-state index is 9.84. The number of hydrogen-bond acceptors (Lipinski definition) is 1. The summed E-state index contributed by atoms with van der Waals surface area (Å²) in [6.45, 7) is 0. The zero-order chi connectivity index (χ0) is 9.42. The molecule has 0 heterocycles. The third-order valence-electron chi connectivity index (χ3n) is 2.35. The molecule has 0 radical (unpaired) electrons. The predicted molar refractivity (Wildman–Crippen MR) is 59.5 cm³/mol. The van der Waals surface area contributed by atoms with Gasteiger partial charge < -0.3 is 5.11 Å². The third-order valence-corrected chi connectivity index (χ3v) is 4.23. The van der Waals surface area contributed by atoms with Crippen LogP contribution in [0.25, 0.3) is 0 Å². The van der Waals surface area contributed by atoms with E-state index in [9.17, 15) is 5.11 Å². The standard InChI is InChI=1S/C10H10Br2O/c11-8-4-3-7(5-9(8)12)10(13)6-1-2-6/h3-6,10,13H,1-2H2. The molecule has 1 aromatic rings. The molecule has 70 valence electrons. The molecule has 0 bridgehead atoms. The van der Waals surface area contributed by atoms with E-state index in [4.69, 9.17) is 0 Å². The van der Waals surface area contributed by atoms with Gasteiger partial charge in [0.25, 0.3) is 0 Å². The fourth-order valence-electron chi connectivity index (χ4n) is 1.38. The fourth-order valence-corrected chi connectivity index (χ4v) is 2.02. The van der Waals surface area contributed by atoms with Gasteiger partial charge in [-0.2, -0.15) is 0 Å². The van der Waals surface area contributed by atoms with Crippen LogP contribution in [0.15, 0.2) is 27.1 Å². The molecule has 1 unspecified atom stereocenters. The van der Waals surface area contributed by atoms with Crippen molar-refractivity contribution in [2.75, 3.05) is 0 Å². The average Bonchev–Trinajstić information content (AvgIpc) is 2.91. The molecule has 1 nitrogen and oxygen atoms in total. The van der Waals surface area contributed by atoms with Crippen LogP contribution in [0.5, 0.6) is 0 Å². The van der Waals surface area contributed by atoms with Gasteiger partial charge in [-0.15, -0.1) is 0 Å². The quantitative estimate of drug-likeness (QED) is 0.884. The Morgan fingerprint density at radius 2 is 1.92 bits per heavy atom. The molecule has 1 fully saturated rings. The average molecular weight is 306 g/mol. The summed E-state index contributed by atoms with van der Waals surface area (Å²) < 4.78 is 2.03. The van der Waals surface area contributed by atoms with Crippen LogP contribution in [0.4, 0.5) is 0 Å². The van der Waals surface area contributed by atoms with Crippen molar-refractivity contribution in [2.45, 2.75) is 18.9 Å². The van der Waals surface area contributed by atoms with E-state index in [0.29, 0.717) is 5.92 Å². The van der Waals surface area contributed by atoms with Crippen LogP contribution in [0.3, 0.4) is 0 Å². The van der Waals surface area contributed by atoms with Crippen molar-refractivity contribution >= 4 is 31.9 Å². The van der Waals surface area contributed by atoms with Crippen LogP contribution in [0.1, 0.15) is 24.5 Å². The van der Waals surface area contributed by atoms with Gasteiger partial charge in [0, 0.05) is 8.95 Å². The zero-order valence-corrected chi connectivity index (χ0v) is 10.2. The lowest BCUT2D eigenvalue weighted by molar-refractivity contribution is 0.154. The summed E-state index contributed by atoms with van der Waals surface area (Å²) in [4.78, 5) is 0. The molecule has 0 spiro atoms. The van der Waals surface area contributed by atoms with E-state index in [1.807, 2.05) is 18.2 Å². The predicted octanol–water partition coefficient (Wildman–Crippen LogP) is 3.66. The zero-order valence-electron chi connectivity index (χ0n) is 7.00. The summed E-state index contributed by atoms with van der Waals surface area (Å²) in [7, 11) is 0. The van der Waals surface area contributed by atoms with E-state index in [-0.39, 0.29) is 6.10 Å². The van der Waals surface area contributed by atoms with Gasteiger partial charge in [-0.1, -0.05) is 6.07 Å². The van der Waals surface area contributed by atoms with E-state index in [2.05, 4.69) is 31.9 Å². The van der Waals surface area contributed by atoms with Gasteiger partial charge in [-0.3, -0.25) is 0 Å². The minimum atomic E-state index is -0.274. The molecule has 0 aliphatic heterocycles. The van der Waals surface area contributed by atoms with E-state index in [1.165, 1.54) is 0 Å². The maximum absolute atomic E-state index is 9.84. The highest BCUT2D eigenvalue weighted by Crippen LogP contribution is 2.41. The van der Waals surface area contributed by atoms with Crippen molar-refractivity contribution < 1.29 is 5.11 Å². The highest BCUT2D eigenvalue weighted by atomic mass is 79.9. The van der Waals surface area contributed by atoms with Crippen molar-refractivity contribution in [2.24, 2.45) is 5.92 Å². The molecule has 0 saturated heterocycles. The molecule has 13 heavy (non-hydrogen) atoms. The molecule has 1 aliphatic rings. The van der Waals surface area contributed by atoms with Crippen molar-refractivity contribution in [3.8, 4) is 0 Å². The normalized spacial score (nSPS) is 18.7. The minimum absolute atomic E-state index is 0.274. The van der Waals surface area contributed by atoms with Crippen molar-refractivity contribution in [3.05, 3.63) is 32.7 Å². The molecular formula is C10H10Br2O. The molecule has 1 aliphatic carbocycles. The largest absolute Gasteiger partial charge is 0.388 e. The summed E-state index contributed by atoms with van der Waals surface area (Å²) in [5.74, 6) is 0.494. The second kappa shape index (κ2) is 3.71. The van der Waals surface area contributed by atoms with Crippen LogP contribution in [-0.2, 0) is 0 Å². The number of aliphatic hydroxyl groups excluding tert-OH is 1. The Kier molecular flexibility index (Phi) is 2.77. The summed E-state index contributed by atoms with van der Waals surface area (Å²) in [5, 5.41) is 9.84. The van der Waals surface area contributed by atoms with Gasteiger partial charge in [0.05, 0.1) is 6.10 Å². The second-order valence-corrected chi connectivity index (χ2v) is 5.16. The first-order valence-electron chi connectivity index (χ1n) is 4.31. The highest BCUT2D eigenvalue weighted by Gasteiger charge is 2.30. The molecule has 1 N–H and O–H groups in total. The van der Waals surface area contributed by atoms with E-state index >= 15 is 0 Å². The SMILES string of the molecule is OC(c1ccc(Br)c(Br)c1)C1CC1. The maximum Gasteiger partial charge on any atom is 0.0818 e. The third kappa shape index (κ3) is 2.14. The fraction of sp³-hybridized carbons (Fsp3) is 0.400. The van der Waals surface area contributed by atoms with Crippen molar-refractivity contribution in [3.63, 3.8) is 0 Å². The Morgan fingerprint density at radius 3 is 2.46 bits per heavy atom. The Morgan fingerprint density at radius 1 is 1.23 bits per heavy atom. The Hall–Kier alpha value is 0.140. The summed E-state index contributed by atoms with van der Waals surface area (Å²) in [5.41, 5.74) is 1.01. The highest BCUT2D eigenvalue weighted by molar-refractivity contribution is 9.13. The van der Waals surface area contributed by atoms with Crippen LogP contribution < -0.4 is 0 Å². The topological polar surface area (TPSA) is 20.2 Å². The Labute approximate surface area is 94.4 Å². The van der Waals surface area contributed by atoms with Gasteiger partial charge in [0.1, 0.15) is 0 Å². The van der Waals surface area contributed by atoms with E-state index in [0.717, 1.165) is 27.4 Å². The molecule has 0 aromatic heterocycles.